The second kappa shape index (κ2) is 11.1. The highest BCUT2D eigenvalue weighted by Crippen LogP contribution is 2.33. The van der Waals surface area contributed by atoms with E-state index in [9.17, 15) is 0 Å². The molecule has 2 fully saturated rings. The van der Waals surface area contributed by atoms with Crippen molar-refractivity contribution in [2.45, 2.75) is 38.2 Å². The first kappa shape index (κ1) is 23.1. The predicted molar refractivity (Wildman–Crippen MR) is 135 cm³/mol. The van der Waals surface area contributed by atoms with Crippen LogP contribution in [0.4, 0.5) is 0 Å². The van der Waals surface area contributed by atoms with Crippen LogP contribution in [0.5, 0.6) is 0 Å². The number of guanidine groups is 1. The minimum absolute atomic E-state index is 0. The molecule has 4 nitrogen and oxygen atoms in total. The second-order valence-electron chi connectivity index (χ2n) is 8.37. The maximum absolute atomic E-state index is 6.19. The molecule has 2 saturated heterocycles. The van der Waals surface area contributed by atoms with E-state index in [4.69, 9.17) is 4.74 Å². The Labute approximate surface area is 198 Å². The average molecular weight is 519 g/mol. The van der Waals surface area contributed by atoms with Gasteiger partial charge >= 0.3 is 0 Å². The van der Waals surface area contributed by atoms with Gasteiger partial charge in [0.1, 0.15) is 0 Å². The molecule has 30 heavy (non-hydrogen) atoms. The van der Waals surface area contributed by atoms with Crippen LogP contribution in [-0.2, 0) is 4.74 Å². The molecule has 3 atom stereocenters. The second-order valence-corrected chi connectivity index (χ2v) is 8.37. The van der Waals surface area contributed by atoms with E-state index in [2.05, 4.69) is 76.7 Å². The Balaban J connectivity index is 0.00000256. The first-order valence-electron chi connectivity index (χ1n) is 10.9. The number of likely N-dealkylation sites (tertiary alicyclic amines) is 1. The Morgan fingerprint density at radius 1 is 1.07 bits per heavy atom. The monoisotopic (exact) mass is 519 g/mol. The van der Waals surface area contributed by atoms with Gasteiger partial charge in [-0.25, -0.2) is 0 Å². The van der Waals surface area contributed by atoms with Crippen molar-refractivity contribution in [2.75, 3.05) is 33.3 Å². The van der Waals surface area contributed by atoms with Gasteiger partial charge in [0.25, 0.3) is 0 Å². The Kier molecular flexibility index (Phi) is 8.57. The number of hydrogen-bond acceptors (Lipinski definition) is 2. The lowest BCUT2D eigenvalue weighted by molar-refractivity contribution is -0.0266. The largest absolute Gasteiger partial charge is 0.373 e. The summed E-state index contributed by atoms with van der Waals surface area (Å²) < 4.78 is 6.19. The summed E-state index contributed by atoms with van der Waals surface area (Å²) in [5, 5.41) is 3.66. The number of nitrogens with one attached hydrogen (secondary N) is 1. The van der Waals surface area contributed by atoms with Crippen molar-refractivity contribution in [2.24, 2.45) is 10.9 Å². The SMILES string of the molecule is CN=C(NCC1CCCOC1c1ccc(C)cc1)N1CCC(c2ccccc2)C1.I. The standard InChI is InChI=1S/C25H33N3O.HI/c1-19-10-12-21(13-11-19)24-22(9-6-16-29-24)17-27-25(26-2)28-15-14-23(18-28)20-7-4-3-5-8-20;/h3-5,7-8,10-13,22-24H,6,9,14-18H2,1-2H3,(H,26,27);1H. The molecule has 2 aromatic carbocycles. The van der Waals surface area contributed by atoms with Crippen molar-refractivity contribution in [3.05, 3.63) is 71.3 Å². The van der Waals surface area contributed by atoms with Crippen LogP contribution in [0, 0.1) is 12.8 Å². The van der Waals surface area contributed by atoms with Crippen LogP contribution < -0.4 is 5.32 Å². The quantitative estimate of drug-likeness (QED) is 0.345. The van der Waals surface area contributed by atoms with Gasteiger partial charge in [-0.2, -0.15) is 0 Å². The number of aryl methyl sites for hydroxylation is 1. The molecule has 0 aromatic heterocycles. The smallest absolute Gasteiger partial charge is 0.193 e. The molecule has 3 unspecified atom stereocenters. The summed E-state index contributed by atoms with van der Waals surface area (Å²) in [5.41, 5.74) is 4.02. The van der Waals surface area contributed by atoms with E-state index < -0.39 is 0 Å². The lowest BCUT2D eigenvalue weighted by Gasteiger charge is -2.33. The summed E-state index contributed by atoms with van der Waals surface area (Å²) in [4.78, 5) is 6.99. The fraction of sp³-hybridized carbons (Fsp3) is 0.480. The molecule has 5 heteroatoms. The van der Waals surface area contributed by atoms with Crippen LogP contribution in [0.2, 0.25) is 0 Å². The molecule has 162 valence electrons. The molecule has 1 N–H and O–H groups in total. The molecular formula is C25H34IN3O. The van der Waals surface area contributed by atoms with Crippen LogP contribution >= 0.6 is 24.0 Å². The van der Waals surface area contributed by atoms with Crippen LogP contribution in [0.25, 0.3) is 0 Å². The highest BCUT2D eigenvalue weighted by Gasteiger charge is 2.30. The molecule has 0 saturated carbocycles. The number of hydrogen-bond donors (Lipinski definition) is 1. The molecule has 0 aliphatic carbocycles. The Morgan fingerprint density at radius 2 is 1.83 bits per heavy atom. The van der Waals surface area contributed by atoms with Gasteiger partial charge in [0.15, 0.2) is 5.96 Å². The molecule has 0 amide bonds. The van der Waals surface area contributed by atoms with Gasteiger partial charge in [-0.3, -0.25) is 4.99 Å². The summed E-state index contributed by atoms with van der Waals surface area (Å²) in [7, 11) is 1.90. The maximum atomic E-state index is 6.19. The van der Waals surface area contributed by atoms with Gasteiger partial charge < -0.3 is 15.0 Å². The third-order valence-electron chi connectivity index (χ3n) is 6.34. The van der Waals surface area contributed by atoms with Gasteiger partial charge in [-0.1, -0.05) is 60.2 Å². The molecule has 2 aliphatic heterocycles. The van der Waals surface area contributed by atoms with Crippen molar-refractivity contribution in [3.63, 3.8) is 0 Å². The third-order valence-corrected chi connectivity index (χ3v) is 6.34. The maximum Gasteiger partial charge on any atom is 0.193 e. The van der Waals surface area contributed by atoms with Crippen molar-refractivity contribution in [3.8, 4) is 0 Å². The van der Waals surface area contributed by atoms with Gasteiger partial charge in [0.2, 0.25) is 0 Å². The van der Waals surface area contributed by atoms with E-state index in [-0.39, 0.29) is 30.1 Å². The molecule has 2 aromatic rings. The fourth-order valence-corrected chi connectivity index (χ4v) is 4.68. The van der Waals surface area contributed by atoms with Crippen molar-refractivity contribution in [1.82, 2.24) is 10.2 Å². The summed E-state index contributed by atoms with van der Waals surface area (Å²) in [6.07, 6.45) is 3.68. The summed E-state index contributed by atoms with van der Waals surface area (Å²) in [6, 6.07) is 19.7. The zero-order valence-corrected chi connectivity index (χ0v) is 20.4. The highest BCUT2D eigenvalue weighted by molar-refractivity contribution is 14.0. The number of aliphatic imine (C=N–C) groups is 1. The van der Waals surface area contributed by atoms with E-state index in [1.54, 1.807) is 0 Å². The fourth-order valence-electron chi connectivity index (χ4n) is 4.68. The Bertz CT molecular complexity index is 809. The lowest BCUT2D eigenvalue weighted by Crippen LogP contribution is -2.43. The van der Waals surface area contributed by atoms with E-state index in [1.807, 2.05) is 7.05 Å². The van der Waals surface area contributed by atoms with Gasteiger partial charge in [-0.15, -0.1) is 24.0 Å². The summed E-state index contributed by atoms with van der Waals surface area (Å²) in [6.45, 7) is 5.98. The predicted octanol–water partition coefficient (Wildman–Crippen LogP) is 5.15. The lowest BCUT2D eigenvalue weighted by atomic mass is 9.89. The number of benzene rings is 2. The molecule has 4 rings (SSSR count). The minimum atomic E-state index is 0. The third kappa shape index (κ3) is 5.55. The first-order valence-corrected chi connectivity index (χ1v) is 10.9. The first-order chi connectivity index (χ1) is 14.2. The topological polar surface area (TPSA) is 36.9 Å². The molecule has 0 spiro atoms. The van der Waals surface area contributed by atoms with E-state index >= 15 is 0 Å². The molecule has 2 heterocycles. The van der Waals surface area contributed by atoms with Crippen molar-refractivity contribution >= 4 is 29.9 Å². The number of rotatable bonds is 4. The number of ether oxygens (including phenoxy) is 1. The van der Waals surface area contributed by atoms with Crippen LogP contribution in [0.1, 0.15) is 48.0 Å². The van der Waals surface area contributed by atoms with Crippen molar-refractivity contribution in [1.29, 1.82) is 0 Å². The Morgan fingerprint density at radius 3 is 2.57 bits per heavy atom. The number of halogens is 1. The van der Waals surface area contributed by atoms with E-state index in [0.29, 0.717) is 11.8 Å². The highest BCUT2D eigenvalue weighted by atomic mass is 127. The summed E-state index contributed by atoms with van der Waals surface area (Å²) in [5.74, 6) is 2.08. The Hall–Kier alpha value is -1.60. The zero-order valence-electron chi connectivity index (χ0n) is 18.1. The van der Waals surface area contributed by atoms with Crippen LogP contribution in [0.3, 0.4) is 0 Å². The normalized spacial score (nSPS) is 24.4. The van der Waals surface area contributed by atoms with Crippen molar-refractivity contribution < 1.29 is 4.74 Å². The molecule has 0 radical (unpaired) electrons. The van der Waals surface area contributed by atoms with Crippen LogP contribution in [-0.4, -0.2) is 44.1 Å². The van der Waals surface area contributed by atoms with Gasteiger partial charge in [0, 0.05) is 45.1 Å². The minimum Gasteiger partial charge on any atom is -0.373 e. The van der Waals surface area contributed by atoms with E-state index in [0.717, 1.165) is 38.6 Å². The van der Waals surface area contributed by atoms with Gasteiger partial charge in [0.05, 0.1) is 6.10 Å². The zero-order chi connectivity index (χ0) is 20.1. The summed E-state index contributed by atoms with van der Waals surface area (Å²) >= 11 is 0. The van der Waals surface area contributed by atoms with Gasteiger partial charge in [-0.05, 0) is 37.3 Å². The molecule has 2 aliphatic rings. The molecular weight excluding hydrogens is 485 g/mol. The van der Waals surface area contributed by atoms with E-state index in [1.165, 1.54) is 29.5 Å². The number of nitrogens with zero attached hydrogens (tertiary/aromatic N) is 2. The van der Waals surface area contributed by atoms with Crippen LogP contribution in [0.15, 0.2) is 59.6 Å². The average Bonchev–Trinajstić information content (AvgIpc) is 3.26. The molecule has 0 bridgehead atoms.